The van der Waals surface area contributed by atoms with Crippen LogP contribution in [-0.2, 0) is 32.7 Å². The fraction of sp³-hybridized carbons (Fsp3) is 0. The van der Waals surface area contributed by atoms with Crippen molar-refractivity contribution in [3.05, 3.63) is 146 Å². The Kier molecular flexibility index (Phi) is 18.4. The number of benzene rings is 4. The Labute approximate surface area is 177 Å². The fourth-order valence-corrected chi connectivity index (χ4v) is 1.37. The van der Waals surface area contributed by atoms with Gasteiger partial charge in [-0.3, -0.25) is 0 Å². The third kappa shape index (κ3) is 18.2. The molecule has 0 atom stereocenters. The van der Waals surface area contributed by atoms with Gasteiger partial charge in [0.2, 0.25) is 0 Å². The Hall–Kier alpha value is -2.02. The Morgan fingerprint density at radius 2 is 0.400 bits per heavy atom. The minimum atomic E-state index is 0. The molecular weight excluding hydrogens is 377 g/mol. The van der Waals surface area contributed by atoms with Gasteiger partial charge < -0.3 is 0 Å². The average Bonchev–Trinajstić information content (AvgIpc) is 2.75. The molecule has 0 fully saturated rings. The molecule has 0 aromatic heterocycles. The molecule has 0 aliphatic rings. The van der Waals surface area contributed by atoms with Crippen LogP contribution in [0, 0.1) is 24.3 Å². The van der Waals surface area contributed by atoms with E-state index in [1.54, 1.807) is 0 Å². The van der Waals surface area contributed by atoms with Crippen molar-refractivity contribution >= 4 is 0 Å². The van der Waals surface area contributed by atoms with E-state index in [4.69, 9.17) is 0 Å². The second-order valence-electron chi connectivity index (χ2n) is 4.31. The summed E-state index contributed by atoms with van der Waals surface area (Å²) in [6, 6.07) is 50.0. The van der Waals surface area contributed by atoms with E-state index < -0.39 is 0 Å². The van der Waals surface area contributed by atoms with Crippen LogP contribution >= 0.6 is 0 Å². The second-order valence-corrected chi connectivity index (χ2v) is 4.31. The van der Waals surface area contributed by atoms with E-state index in [0.717, 1.165) is 0 Å². The smallest absolute Gasteiger partial charge is 0 e. The molecule has 25 heavy (non-hydrogen) atoms. The van der Waals surface area contributed by atoms with Gasteiger partial charge in [-0.2, -0.15) is 146 Å². The van der Waals surface area contributed by atoms with Gasteiger partial charge in [-0.1, -0.05) is 0 Å². The van der Waals surface area contributed by atoms with Gasteiger partial charge in [0, 0.05) is 32.7 Å². The largest absolute Gasteiger partial charge is 0.184 e. The van der Waals surface area contributed by atoms with Gasteiger partial charge in [-0.25, -0.2) is 0 Å². The van der Waals surface area contributed by atoms with Crippen LogP contribution in [0.15, 0.2) is 121 Å². The average molecular weight is 397 g/mol. The molecular formula is C24H20Y-4. The summed E-state index contributed by atoms with van der Waals surface area (Å²) in [7, 11) is 0. The SMILES string of the molecule is [Y].[c-]1ccccc1.[c-]1ccccc1.[c-]1ccccc1.[c-]1ccccc1. The van der Waals surface area contributed by atoms with Gasteiger partial charge in [0.15, 0.2) is 0 Å². The van der Waals surface area contributed by atoms with Crippen LogP contribution in [0.5, 0.6) is 0 Å². The second kappa shape index (κ2) is 20.0. The fourth-order valence-electron chi connectivity index (χ4n) is 1.37. The van der Waals surface area contributed by atoms with Crippen LogP contribution < -0.4 is 0 Å². The Morgan fingerprint density at radius 1 is 0.240 bits per heavy atom. The number of hydrogen-bond donors (Lipinski definition) is 0. The molecule has 0 saturated heterocycles. The zero-order valence-electron chi connectivity index (χ0n) is 14.1. The zero-order valence-corrected chi connectivity index (χ0v) is 17.0. The predicted octanol–water partition coefficient (Wildman–Crippen LogP) is 5.94. The maximum atomic E-state index is 2.89. The van der Waals surface area contributed by atoms with Gasteiger partial charge >= 0.3 is 0 Å². The first-order valence-electron chi connectivity index (χ1n) is 7.64. The van der Waals surface area contributed by atoms with Crippen LogP contribution in [0.2, 0.25) is 0 Å². The van der Waals surface area contributed by atoms with Crippen molar-refractivity contribution in [1.29, 1.82) is 0 Å². The molecule has 1 radical (unpaired) electrons. The molecule has 0 aliphatic carbocycles. The number of hydrogen-bond acceptors (Lipinski definition) is 0. The van der Waals surface area contributed by atoms with Crippen molar-refractivity contribution in [2.24, 2.45) is 0 Å². The van der Waals surface area contributed by atoms with Gasteiger partial charge in [0.25, 0.3) is 0 Å². The molecule has 123 valence electrons. The van der Waals surface area contributed by atoms with Crippen LogP contribution in [0.4, 0.5) is 0 Å². The summed E-state index contributed by atoms with van der Waals surface area (Å²) in [5, 5.41) is 0. The van der Waals surface area contributed by atoms with E-state index in [2.05, 4.69) is 24.3 Å². The van der Waals surface area contributed by atoms with Gasteiger partial charge in [-0.15, -0.1) is 0 Å². The summed E-state index contributed by atoms with van der Waals surface area (Å²) in [5.41, 5.74) is 0. The molecule has 0 N–H and O–H groups in total. The molecule has 1 heteroatoms. The Balaban J connectivity index is 0.000000303. The maximum Gasteiger partial charge on any atom is 0 e. The summed E-state index contributed by atoms with van der Waals surface area (Å²) in [6.45, 7) is 0. The molecule has 0 unspecified atom stereocenters. The van der Waals surface area contributed by atoms with Crippen molar-refractivity contribution < 1.29 is 32.7 Å². The van der Waals surface area contributed by atoms with Gasteiger partial charge in [0.1, 0.15) is 0 Å². The van der Waals surface area contributed by atoms with Crippen molar-refractivity contribution in [3.8, 4) is 0 Å². The molecule has 0 bridgehead atoms. The van der Waals surface area contributed by atoms with Crippen LogP contribution in [0.25, 0.3) is 0 Å². The van der Waals surface area contributed by atoms with Crippen LogP contribution in [0.3, 0.4) is 0 Å². The first-order valence-corrected chi connectivity index (χ1v) is 7.64. The van der Waals surface area contributed by atoms with Gasteiger partial charge in [-0.05, 0) is 0 Å². The Morgan fingerprint density at radius 3 is 0.440 bits per heavy atom. The number of rotatable bonds is 0. The normalized spacial score (nSPS) is 7.68. The van der Waals surface area contributed by atoms with Crippen molar-refractivity contribution in [3.63, 3.8) is 0 Å². The first kappa shape index (κ1) is 23.0. The molecule has 0 heterocycles. The topological polar surface area (TPSA) is 0 Å². The van der Waals surface area contributed by atoms with E-state index in [9.17, 15) is 0 Å². The molecule has 4 rings (SSSR count). The predicted molar refractivity (Wildman–Crippen MR) is 101 cm³/mol. The third-order valence-corrected chi connectivity index (χ3v) is 2.43. The summed E-state index contributed by atoms with van der Waals surface area (Å²) in [4.78, 5) is 0. The summed E-state index contributed by atoms with van der Waals surface area (Å²) in [6.07, 6.45) is 0. The molecule has 4 aromatic carbocycles. The molecule has 0 nitrogen and oxygen atoms in total. The van der Waals surface area contributed by atoms with E-state index in [-0.39, 0.29) is 32.7 Å². The van der Waals surface area contributed by atoms with E-state index in [1.807, 2.05) is 121 Å². The summed E-state index contributed by atoms with van der Waals surface area (Å²) >= 11 is 0. The monoisotopic (exact) mass is 397 g/mol. The minimum absolute atomic E-state index is 0. The third-order valence-electron chi connectivity index (χ3n) is 2.43. The maximum absolute atomic E-state index is 2.89. The summed E-state index contributed by atoms with van der Waals surface area (Å²) < 4.78 is 0. The molecule has 0 spiro atoms. The zero-order chi connectivity index (χ0) is 17.0. The Bertz CT molecular complexity index is 420. The van der Waals surface area contributed by atoms with E-state index in [0.29, 0.717) is 0 Å². The summed E-state index contributed by atoms with van der Waals surface area (Å²) in [5.74, 6) is 0. The van der Waals surface area contributed by atoms with Crippen LogP contribution in [0.1, 0.15) is 0 Å². The minimum Gasteiger partial charge on any atom is -0.184 e. The van der Waals surface area contributed by atoms with Crippen molar-refractivity contribution in [2.45, 2.75) is 0 Å². The van der Waals surface area contributed by atoms with Gasteiger partial charge in [0.05, 0.1) is 0 Å². The molecule has 0 saturated carbocycles. The van der Waals surface area contributed by atoms with Crippen molar-refractivity contribution in [1.82, 2.24) is 0 Å². The first-order chi connectivity index (χ1) is 12.0. The van der Waals surface area contributed by atoms with E-state index >= 15 is 0 Å². The molecule has 0 amide bonds. The van der Waals surface area contributed by atoms with Crippen molar-refractivity contribution in [2.75, 3.05) is 0 Å². The van der Waals surface area contributed by atoms with E-state index in [1.165, 1.54) is 0 Å². The van der Waals surface area contributed by atoms with Crippen LogP contribution in [-0.4, -0.2) is 0 Å². The quantitative estimate of drug-likeness (QED) is 0.322. The standard InChI is InChI=1S/4C6H5.Y/c4*1-2-4-6-5-3-1;/h4*1-5H;/q4*-1;. The molecule has 0 aliphatic heterocycles. The molecule has 4 aromatic rings.